The van der Waals surface area contributed by atoms with Crippen molar-refractivity contribution < 1.29 is 14.0 Å². The van der Waals surface area contributed by atoms with Gasteiger partial charge in [0.15, 0.2) is 4.87 Å². The SMILES string of the molecule is Cc1ccc(C(=O)N2CCS[C@@]23C(=O)N(Cc2ccc(F)cc2)c2ccccc23)cc1. The highest BCUT2D eigenvalue weighted by Crippen LogP contribution is 2.54. The maximum atomic E-state index is 13.9. The third-order valence-corrected chi connectivity index (χ3v) is 7.32. The van der Waals surface area contributed by atoms with Gasteiger partial charge in [0.25, 0.3) is 11.8 Å². The number of hydrogen-bond acceptors (Lipinski definition) is 3. The molecule has 3 aromatic carbocycles. The minimum absolute atomic E-state index is 0.124. The minimum atomic E-state index is -1.07. The van der Waals surface area contributed by atoms with Crippen LogP contribution in [-0.4, -0.2) is 29.0 Å². The van der Waals surface area contributed by atoms with Crippen LogP contribution in [0.15, 0.2) is 72.8 Å². The number of hydrogen-bond donors (Lipinski definition) is 0. The van der Waals surface area contributed by atoms with Gasteiger partial charge in [-0.15, -0.1) is 11.8 Å². The zero-order valence-electron chi connectivity index (χ0n) is 17.0. The first-order valence-corrected chi connectivity index (χ1v) is 11.2. The number of thioether (sulfide) groups is 1. The molecule has 0 bridgehead atoms. The maximum absolute atomic E-state index is 13.9. The number of aryl methyl sites for hydroxylation is 1. The van der Waals surface area contributed by atoms with Crippen LogP contribution in [0.2, 0.25) is 0 Å². The first kappa shape index (κ1) is 19.8. The Bertz CT molecular complexity index is 1160. The molecule has 1 atom stereocenters. The standard InChI is InChI=1S/C25H21FN2O2S/c1-17-6-10-19(11-7-17)23(29)28-14-15-31-25(28)21-4-2-3-5-22(21)27(24(25)30)16-18-8-12-20(26)13-9-18/h2-13H,14-16H2,1H3/t25-/m0/s1. The fraction of sp³-hybridized carbons (Fsp3) is 0.200. The molecule has 0 radical (unpaired) electrons. The Hall–Kier alpha value is -3.12. The van der Waals surface area contributed by atoms with Crippen molar-refractivity contribution in [2.45, 2.75) is 18.3 Å². The van der Waals surface area contributed by atoms with Gasteiger partial charge < -0.3 is 9.80 Å². The van der Waals surface area contributed by atoms with Gasteiger partial charge in [0.1, 0.15) is 5.82 Å². The molecule has 156 valence electrons. The molecule has 2 aliphatic heterocycles. The lowest BCUT2D eigenvalue weighted by Crippen LogP contribution is -2.50. The van der Waals surface area contributed by atoms with Crippen LogP contribution >= 0.6 is 11.8 Å². The van der Waals surface area contributed by atoms with Crippen LogP contribution in [0, 0.1) is 12.7 Å². The van der Waals surface area contributed by atoms with Crippen molar-refractivity contribution in [3.05, 3.63) is 101 Å². The van der Waals surface area contributed by atoms with Crippen LogP contribution < -0.4 is 4.90 Å². The maximum Gasteiger partial charge on any atom is 0.268 e. The van der Waals surface area contributed by atoms with Crippen LogP contribution in [0.3, 0.4) is 0 Å². The summed E-state index contributed by atoms with van der Waals surface area (Å²) < 4.78 is 13.4. The van der Waals surface area contributed by atoms with E-state index in [1.807, 2.05) is 55.5 Å². The van der Waals surface area contributed by atoms with Crippen molar-refractivity contribution in [2.75, 3.05) is 17.2 Å². The molecule has 0 N–H and O–H groups in total. The Morgan fingerprint density at radius 3 is 2.48 bits per heavy atom. The van der Waals surface area contributed by atoms with Gasteiger partial charge in [-0.05, 0) is 42.8 Å². The second-order valence-corrected chi connectivity index (χ2v) is 9.14. The molecule has 2 heterocycles. The summed E-state index contributed by atoms with van der Waals surface area (Å²) in [6, 6.07) is 21.3. The fourth-order valence-electron chi connectivity index (χ4n) is 4.35. The van der Waals surface area contributed by atoms with Crippen molar-refractivity contribution >= 4 is 29.3 Å². The lowest BCUT2D eigenvalue weighted by atomic mass is 10.0. The summed E-state index contributed by atoms with van der Waals surface area (Å²) >= 11 is 1.51. The van der Waals surface area contributed by atoms with E-state index in [1.165, 1.54) is 23.9 Å². The third kappa shape index (κ3) is 3.13. The highest BCUT2D eigenvalue weighted by molar-refractivity contribution is 8.01. The number of benzene rings is 3. The second-order valence-electron chi connectivity index (χ2n) is 7.85. The van der Waals surface area contributed by atoms with Crippen molar-refractivity contribution in [3.8, 4) is 0 Å². The van der Waals surface area contributed by atoms with Gasteiger partial charge in [0, 0.05) is 23.4 Å². The van der Waals surface area contributed by atoms with Gasteiger partial charge in [0.05, 0.1) is 12.2 Å². The van der Waals surface area contributed by atoms with Gasteiger partial charge in [-0.3, -0.25) is 9.59 Å². The number of para-hydroxylation sites is 1. The van der Waals surface area contributed by atoms with Crippen LogP contribution in [0.5, 0.6) is 0 Å². The Morgan fingerprint density at radius 2 is 1.74 bits per heavy atom. The smallest absolute Gasteiger partial charge is 0.268 e. The molecule has 2 aliphatic rings. The van der Waals surface area contributed by atoms with E-state index in [0.29, 0.717) is 24.4 Å². The fourth-order valence-corrected chi connectivity index (χ4v) is 5.81. The first-order valence-electron chi connectivity index (χ1n) is 10.2. The molecule has 0 aliphatic carbocycles. The quantitative estimate of drug-likeness (QED) is 0.601. The molecule has 0 aromatic heterocycles. The van der Waals surface area contributed by atoms with Crippen molar-refractivity contribution in [1.29, 1.82) is 0 Å². The van der Waals surface area contributed by atoms with E-state index in [2.05, 4.69) is 0 Å². The average molecular weight is 433 g/mol. The van der Waals surface area contributed by atoms with E-state index in [9.17, 15) is 14.0 Å². The van der Waals surface area contributed by atoms with Crippen molar-refractivity contribution in [2.24, 2.45) is 0 Å². The molecule has 2 amide bonds. The van der Waals surface area contributed by atoms with Crippen molar-refractivity contribution in [1.82, 2.24) is 4.90 Å². The second kappa shape index (κ2) is 7.54. The minimum Gasteiger partial charge on any atom is -0.311 e. The van der Waals surface area contributed by atoms with Crippen LogP contribution in [0.1, 0.15) is 27.0 Å². The average Bonchev–Trinajstić information content (AvgIpc) is 3.33. The zero-order chi connectivity index (χ0) is 21.6. The number of anilines is 1. The van der Waals surface area contributed by atoms with E-state index in [-0.39, 0.29) is 17.6 Å². The van der Waals surface area contributed by atoms with Gasteiger partial charge >= 0.3 is 0 Å². The summed E-state index contributed by atoms with van der Waals surface area (Å²) in [6.45, 7) is 2.80. The predicted octanol–water partition coefficient (Wildman–Crippen LogP) is 4.72. The molecular formula is C25H21FN2O2S. The lowest BCUT2D eigenvalue weighted by molar-refractivity contribution is -0.123. The van der Waals surface area contributed by atoms with Gasteiger partial charge in [-0.25, -0.2) is 4.39 Å². The lowest BCUT2D eigenvalue weighted by Gasteiger charge is -2.33. The molecule has 31 heavy (non-hydrogen) atoms. The molecule has 1 saturated heterocycles. The van der Waals surface area contributed by atoms with Crippen molar-refractivity contribution in [3.63, 3.8) is 0 Å². The van der Waals surface area contributed by atoms with E-state index >= 15 is 0 Å². The molecule has 1 fully saturated rings. The molecular weight excluding hydrogens is 411 g/mol. The molecule has 6 heteroatoms. The Labute approximate surface area is 184 Å². The summed E-state index contributed by atoms with van der Waals surface area (Å²) in [4.78, 5) is 29.7. The number of nitrogens with zero attached hydrogens (tertiary/aromatic N) is 2. The monoisotopic (exact) mass is 432 g/mol. The molecule has 0 saturated carbocycles. The number of fused-ring (bicyclic) bond motifs is 2. The summed E-state index contributed by atoms with van der Waals surface area (Å²) in [5, 5.41) is 0. The predicted molar refractivity (Wildman–Crippen MR) is 120 cm³/mol. The summed E-state index contributed by atoms with van der Waals surface area (Å²) in [5.74, 6) is 0.106. The Morgan fingerprint density at radius 1 is 1.03 bits per heavy atom. The summed E-state index contributed by atoms with van der Waals surface area (Å²) in [5.41, 5.74) is 4.13. The van der Waals surface area contributed by atoms with Gasteiger partial charge in [-0.2, -0.15) is 0 Å². The highest BCUT2D eigenvalue weighted by Gasteiger charge is 2.59. The topological polar surface area (TPSA) is 40.6 Å². The molecule has 3 aromatic rings. The molecule has 4 nitrogen and oxygen atoms in total. The first-order chi connectivity index (χ1) is 15.0. The van der Waals surface area contributed by atoms with Crippen LogP contribution in [0.25, 0.3) is 0 Å². The van der Waals surface area contributed by atoms with Gasteiger partial charge in [-0.1, -0.05) is 48.0 Å². The summed E-state index contributed by atoms with van der Waals surface area (Å²) in [7, 11) is 0. The number of rotatable bonds is 3. The Balaban J connectivity index is 1.56. The highest BCUT2D eigenvalue weighted by atomic mass is 32.2. The van der Waals surface area contributed by atoms with E-state index in [1.54, 1.807) is 21.9 Å². The van der Waals surface area contributed by atoms with Gasteiger partial charge in [0.2, 0.25) is 0 Å². The van der Waals surface area contributed by atoms with Crippen LogP contribution in [0.4, 0.5) is 10.1 Å². The van der Waals surface area contributed by atoms with E-state index < -0.39 is 4.87 Å². The van der Waals surface area contributed by atoms with E-state index in [0.717, 1.165) is 22.4 Å². The molecule has 1 spiro atoms. The number of carbonyl (C=O) groups excluding carboxylic acids is 2. The number of amides is 2. The summed E-state index contributed by atoms with van der Waals surface area (Å²) in [6.07, 6.45) is 0. The Kier molecular flexibility index (Phi) is 4.82. The third-order valence-electron chi connectivity index (χ3n) is 5.90. The van der Waals surface area contributed by atoms with Crippen LogP contribution in [-0.2, 0) is 16.2 Å². The zero-order valence-corrected chi connectivity index (χ0v) is 17.9. The number of halogens is 1. The van der Waals surface area contributed by atoms with E-state index in [4.69, 9.17) is 0 Å². The number of carbonyl (C=O) groups is 2. The molecule has 5 rings (SSSR count). The molecule has 0 unspecified atom stereocenters. The normalized spacial score (nSPS) is 19.9. The largest absolute Gasteiger partial charge is 0.311 e.